The second-order valence-corrected chi connectivity index (χ2v) is 4.18. The van der Waals surface area contributed by atoms with Crippen molar-refractivity contribution in [1.82, 2.24) is 0 Å². The molecule has 0 radical (unpaired) electrons. The Hall–Kier alpha value is -2.16. The summed E-state index contributed by atoms with van der Waals surface area (Å²) in [6.07, 6.45) is -2.60. The third-order valence-electron chi connectivity index (χ3n) is 2.85. The van der Waals surface area contributed by atoms with Gasteiger partial charge in [0.2, 0.25) is 0 Å². The zero-order valence-electron chi connectivity index (χ0n) is 10.2. The van der Waals surface area contributed by atoms with Crippen LogP contribution in [0.3, 0.4) is 0 Å². The zero-order valence-corrected chi connectivity index (χ0v) is 10.2. The third-order valence-corrected chi connectivity index (χ3v) is 2.85. The van der Waals surface area contributed by atoms with Crippen LogP contribution in [0.2, 0.25) is 0 Å². The van der Waals surface area contributed by atoms with Gasteiger partial charge in [0.1, 0.15) is 6.10 Å². The van der Waals surface area contributed by atoms with Crippen molar-refractivity contribution in [2.45, 2.75) is 6.10 Å². The van der Waals surface area contributed by atoms with Gasteiger partial charge >= 0.3 is 0 Å². The minimum absolute atomic E-state index is 0.0168. The van der Waals surface area contributed by atoms with E-state index < -0.39 is 63.8 Å². The van der Waals surface area contributed by atoms with Crippen LogP contribution in [0.4, 0.5) is 35.1 Å². The summed E-state index contributed by atoms with van der Waals surface area (Å²) in [5.74, 6) is -17.0. The minimum atomic E-state index is -2.60. The maximum atomic E-state index is 13.5. The molecule has 0 unspecified atom stereocenters. The molecule has 2 rings (SSSR count). The van der Waals surface area contributed by atoms with E-state index in [1.807, 2.05) is 0 Å². The van der Waals surface area contributed by atoms with Crippen LogP contribution >= 0.6 is 0 Å². The fraction of sp³-hybridized carbons (Fsp3) is 0.0769. The quantitative estimate of drug-likeness (QED) is 0.504. The molecule has 0 aliphatic carbocycles. The van der Waals surface area contributed by atoms with Gasteiger partial charge in [-0.25, -0.2) is 35.1 Å². The second kappa shape index (κ2) is 5.56. The first kappa shape index (κ1) is 16.2. The van der Waals surface area contributed by atoms with E-state index in [2.05, 4.69) is 0 Å². The minimum Gasteiger partial charge on any atom is -0.383 e. The summed E-state index contributed by atoms with van der Waals surface area (Å²) in [6, 6.07) is -0.0337. The van der Waals surface area contributed by atoms with Crippen molar-refractivity contribution >= 4 is 0 Å². The molecule has 1 N–H and O–H groups in total. The van der Waals surface area contributed by atoms with Gasteiger partial charge in [0.25, 0.3) is 0 Å². The van der Waals surface area contributed by atoms with E-state index in [9.17, 15) is 40.2 Å². The number of hydrogen-bond acceptors (Lipinski definition) is 1. The predicted molar refractivity (Wildman–Crippen MR) is 56.6 cm³/mol. The SMILES string of the molecule is OC(c1cc(F)c(F)c(F)c1F)c1cc(F)c(F)c(F)c1F. The Kier molecular flexibility index (Phi) is 4.10. The van der Waals surface area contributed by atoms with Gasteiger partial charge in [-0.3, -0.25) is 0 Å². The summed E-state index contributed by atoms with van der Waals surface area (Å²) in [5, 5.41) is 9.64. The molecule has 22 heavy (non-hydrogen) atoms. The smallest absolute Gasteiger partial charge is 0.197 e. The Morgan fingerprint density at radius 1 is 0.545 bits per heavy atom. The van der Waals surface area contributed by atoms with Gasteiger partial charge in [0.05, 0.1) is 0 Å². The Morgan fingerprint density at radius 2 is 0.864 bits per heavy atom. The summed E-state index contributed by atoms with van der Waals surface area (Å²) in [4.78, 5) is 0. The molecule has 0 aliphatic rings. The molecule has 1 nitrogen and oxygen atoms in total. The average molecular weight is 328 g/mol. The molecule has 2 aromatic carbocycles. The predicted octanol–water partition coefficient (Wildman–Crippen LogP) is 3.88. The largest absolute Gasteiger partial charge is 0.383 e. The van der Waals surface area contributed by atoms with Crippen molar-refractivity contribution < 1.29 is 40.2 Å². The first-order valence-corrected chi connectivity index (χ1v) is 5.50. The monoisotopic (exact) mass is 328 g/mol. The first-order chi connectivity index (χ1) is 10.2. The number of rotatable bonds is 2. The summed E-state index contributed by atoms with van der Waals surface area (Å²) in [7, 11) is 0. The van der Waals surface area contributed by atoms with Gasteiger partial charge in [-0.1, -0.05) is 0 Å². The molecule has 2 aromatic rings. The number of halogens is 8. The van der Waals surface area contributed by atoms with Crippen LogP contribution in [-0.4, -0.2) is 5.11 Å². The van der Waals surface area contributed by atoms with Gasteiger partial charge in [0.15, 0.2) is 46.5 Å². The molecule has 0 amide bonds. The molecule has 0 saturated carbocycles. The highest BCUT2D eigenvalue weighted by Crippen LogP contribution is 2.31. The second-order valence-electron chi connectivity index (χ2n) is 4.18. The maximum absolute atomic E-state index is 13.5. The van der Waals surface area contributed by atoms with Crippen molar-refractivity contribution in [3.8, 4) is 0 Å². The van der Waals surface area contributed by atoms with Gasteiger partial charge in [0, 0.05) is 11.1 Å². The topological polar surface area (TPSA) is 20.2 Å². The summed E-state index contributed by atoms with van der Waals surface area (Å²) in [6.45, 7) is 0. The van der Waals surface area contributed by atoms with Crippen molar-refractivity contribution in [3.63, 3.8) is 0 Å². The van der Waals surface area contributed by atoms with Crippen LogP contribution in [0.25, 0.3) is 0 Å². The Balaban J connectivity index is 2.66. The molecule has 0 fully saturated rings. The van der Waals surface area contributed by atoms with Crippen molar-refractivity contribution in [1.29, 1.82) is 0 Å². The molecular formula is C13H4F8O. The molecular weight excluding hydrogens is 324 g/mol. The molecule has 0 aliphatic heterocycles. The van der Waals surface area contributed by atoms with Crippen LogP contribution in [-0.2, 0) is 0 Å². The third kappa shape index (κ3) is 2.41. The van der Waals surface area contributed by atoms with Crippen LogP contribution in [0.5, 0.6) is 0 Å². The fourth-order valence-corrected chi connectivity index (χ4v) is 1.75. The zero-order chi connectivity index (χ0) is 16.8. The van der Waals surface area contributed by atoms with E-state index in [1.165, 1.54) is 0 Å². The van der Waals surface area contributed by atoms with Crippen molar-refractivity contribution in [3.05, 3.63) is 69.8 Å². The number of aliphatic hydroxyl groups excluding tert-OH is 1. The molecule has 0 spiro atoms. The van der Waals surface area contributed by atoms with E-state index in [0.717, 1.165) is 0 Å². The average Bonchev–Trinajstić information content (AvgIpc) is 2.49. The highest BCUT2D eigenvalue weighted by molar-refractivity contribution is 5.34. The van der Waals surface area contributed by atoms with Gasteiger partial charge < -0.3 is 5.11 Å². The number of benzene rings is 2. The highest BCUT2D eigenvalue weighted by atomic mass is 19.2. The van der Waals surface area contributed by atoms with E-state index in [4.69, 9.17) is 0 Å². The van der Waals surface area contributed by atoms with Crippen LogP contribution in [0, 0.1) is 46.5 Å². The standard InChI is InChI=1S/C13H4F8O/c14-5-1-3(7(16)11(20)9(5)18)13(22)4-2-6(15)10(19)12(21)8(4)17/h1-2,13,22H. The lowest BCUT2D eigenvalue weighted by molar-refractivity contribution is 0.203. The van der Waals surface area contributed by atoms with E-state index in [0.29, 0.717) is 0 Å². The van der Waals surface area contributed by atoms with Crippen molar-refractivity contribution in [2.75, 3.05) is 0 Å². The van der Waals surface area contributed by atoms with E-state index in [1.54, 1.807) is 0 Å². The fourth-order valence-electron chi connectivity index (χ4n) is 1.75. The van der Waals surface area contributed by atoms with Gasteiger partial charge in [-0.05, 0) is 12.1 Å². The van der Waals surface area contributed by atoms with Crippen LogP contribution < -0.4 is 0 Å². The van der Waals surface area contributed by atoms with E-state index >= 15 is 0 Å². The summed E-state index contributed by atoms with van der Waals surface area (Å²) < 4.78 is 105. The molecule has 0 aromatic heterocycles. The molecule has 118 valence electrons. The van der Waals surface area contributed by atoms with Crippen LogP contribution in [0.15, 0.2) is 12.1 Å². The Morgan fingerprint density at radius 3 is 1.18 bits per heavy atom. The lowest BCUT2D eigenvalue weighted by Crippen LogP contribution is -2.12. The Labute approximate surface area is 117 Å². The molecule has 0 bridgehead atoms. The van der Waals surface area contributed by atoms with Crippen LogP contribution in [0.1, 0.15) is 17.2 Å². The molecule has 0 saturated heterocycles. The summed E-state index contributed by atoms with van der Waals surface area (Å²) in [5.41, 5.74) is -2.64. The number of hydrogen-bond donors (Lipinski definition) is 1. The lowest BCUT2D eigenvalue weighted by Gasteiger charge is -2.15. The molecule has 0 heterocycles. The van der Waals surface area contributed by atoms with Crippen molar-refractivity contribution in [2.24, 2.45) is 0 Å². The molecule has 9 heteroatoms. The van der Waals surface area contributed by atoms with E-state index in [-0.39, 0.29) is 12.1 Å². The van der Waals surface area contributed by atoms with Gasteiger partial charge in [-0.2, -0.15) is 0 Å². The molecule has 0 atom stereocenters. The summed E-state index contributed by atoms with van der Waals surface area (Å²) >= 11 is 0. The van der Waals surface area contributed by atoms with Gasteiger partial charge in [-0.15, -0.1) is 0 Å². The Bertz CT molecular complexity index is 695. The highest BCUT2D eigenvalue weighted by Gasteiger charge is 2.29. The normalized spacial score (nSPS) is 11.4. The first-order valence-electron chi connectivity index (χ1n) is 5.50. The maximum Gasteiger partial charge on any atom is 0.197 e. The lowest BCUT2D eigenvalue weighted by atomic mass is 9.99. The number of aliphatic hydroxyl groups is 1.